The number of carbonyl (C=O) groups is 1. The van der Waals surface area contributed by atoms with E-state index >= 15 is 0 Å². The Morgan fingerprint density at radius 2 is 1.22 bits per heavy atom. The van der Waals surface area contributed by atoms with E-state index in [1.807, 2.05) is 20.8 Å². The number of halogens is 1. The van der Waals surface area contributed by atoms with Gasteiger partial charge in [-0.05, 0) is 38.0 Å². The van der Waals surface area contributed by atoms with Gasteiger partial charge in [0.2, 0.25) is 0 Å². The number of amides is 1. The molecule has 0 saturated carbocycles. The van der Waals surface area contributed by atoms with E-state index in [1.54, 1.807) is 0 Å². The first kappa shape index (κ1) is 26.8. The van der Waals surface area contributed by atoms with Gasteiger partial charge in [0.15, 0.2) is 0 Å². The second kappa shape index (κ2) is 19.2. The Labute approximate surface area is 178 Å². The third kappa shape index (κ3) is 23.8. The van der Waals surface area contributed by atoms with Crippen LogP contribution >= 0.6 is 22.6 Å². The molecule has 1 N–H and O–H groups in total. The molecule has 0 aliphatic heterocycles. The van der Waals surface area contributed by atoms with E-state index in [9.17, 15) is 4.79 Å². The first-order chi connectivity index (χ1) is 13.0. The molecule has 0 heterocycles. The fourth-order valence-electron chi connectivity index (χ4n) is 1.95. The molecule has 27 heavy (non-hydrogen) atoms. The highest BCUT2D eigenvalue weighted by atomic mass is 127. The largest absolute Gasteiger partial charge is 0.444 e. The predicted octanol–water partition coefficient (Wildman–Crippen LogP) is 3.57. The van der Waals surface area contributed by atoms with Crippen LogP contribution in [0.5, 0.6) is 0 Å². The Morgan fingerprint density at radius 1 is 0.741 bits per heavy atom. The number of nitrogens with one attached hydrogen (secondary N) is 1. The number of ether oxygens (including phenoxy) is 5. The maximum absolute atomic E-state index is 11.4. The zero-order chi connectivity index (χ0) is 20.2. The van der Waals surface area contributed by atoms with Crippen molar-refractivity contribution in [3.63, 3.8) is 0 Å². The van der Waals surface area contributed by atoms with E-state index < -0.39 is 11.7 Å². The molecule has 0 radical (unpaired) electrons. The Bertz CT molecular complexity index is 339. The summed E-state index contributed by atoms with van der Waals surface area (Å²) in [5.74, 6) is 0. The van der Waals surface area contributed by atoms with Crippen LogP contribution in [0.15, 0.2) is 0 Å². The van der Waals surface area contributed by atoms with E-state index in [0.717, 1.165) is 13.0 Å². The van der Waals surface area contributed by atoms with Crippen molar-refractivity contribution in [2.45, 2.75) is 52.1 Å². The van der Waals surface area contributed by atoms with E-state index in [-0.39, 0.29) is 0 Å². The predicted molar refractivity (Wildman–Crippen MR) is 115 cm³/mol. The van der Waals surface area contributed by atoms with Gasteiger partial charge in [-0.15, -0.1) is 0 Å². The highest BCUT2D eigenvalue weighted by Crippen LogP contribution is 2.06. The number of unbranched alkanes of at least 4 members (excludes halogenated alkanes) is 3. The van der Waals surface area contributed by atoms with Gasteiger partial charge in [-0.25, -0.2) is 4.79 Å². The van der Waals surface area contributed by atoms with E-state index in [1.165, 1.54) is 23.7 Å². The Kier molecular flexibility index (Phi) is 19.1. The Balaban J connectivity index is 3.12. The monoisotopic (exact) mass is 503 g/mol. The maximum atomic E-state index is 11.4. The van der Waals surface area contributed by atoms with Crippen LogP contribution in [0.3, 0.4) is 0 Å². The molecule has 0 spiro atoms. The summed E-state index contributed by atoms with van der Waals surface area (Å²) in [7, 11) is 0. The first-order valence-electron chi connectivity index (χ1n) is 9.79. The minimum atomic E-state index is -0.485. The molecular weight excluding hydrogens is 465 g/mol. The average Bonchev–Trinajstić information content (AvgIpc) is 2.59. The fourth-order valence-corrected chi connectivity index (χ4v) is 2.49. The highest BCUT2D eigenvalue weighted by molar-refractivity contribution is 14.1. The molecule has 0 bridgehead atoms. The van der Waals surface area contributed by atoms with E-state index in [2.05, 4.69) is 27.9 Å². The van der Waals surface area contributed by atoms with Gasteiger partial charge in [0.25, 0.3) is 0 Å². The first-order valence-corrected chi connectivity index (χ1v) is 11.3. The molecule has 0 aromatic carbocycles. The lowest BCUT2D eigenvalue weighted by molar-refractivity contribution is -0.00214. The lowest BCUT2D eigenvalue weighted by Gasteiger charge is -2.19. The number of rotatable bonds is 18. The zero-order valence-corrected chi connectivity index (χ0v) is 19.4. The lowest BCUT2D eigenvalue weighted by atomic mass is 10.2. The molecule has 0 aliphatic rings. The van der Waals surface area contributed by atoms with Crippen molar-refractivity contribution in [2.24, 2.45) is 0 Å². The molecular formula is C19H38INO6. The van der Waals surface area contributed by atoms with Crippen molar-refractivity contribution >= 4 is 28.7 Å². The molecule has 7 nitrogen and oxygen atoms in total. The van der Waals surface area contributed by atoms with Crippen LogP contribution in [0.2, 0.25) is 0 Å². The van der Waals surface area contributed by atoms with Gasteiger partial charge in [0.05, 0.1) is 46.2 Å². The van der Waals surface area contributed by atoms with Gasteiger partial charge in [-0.3, -0.25) is 0 Å². The van der Waals surface area contributed by atoms with Crippen molar-refractivity contribution in [1.29, 1.82) is 0 Å². The van der Waals surface area contributed by atoms with Gasteiger partial charge in [-0.2, -0.15) is 0 Å². The summed E-state index contributed by atoms with van der Waals surface area (Å²) in [6, 6.07) is 0. The summed E-state index contributed by atoms with van der Waals surface area (Å²) >= 11 is 2.41. The van der Waals surface area contributed by atoms with Gasteiger partial charge in [-0.1, -0.05) is 35.4 Å². The fraction of sp³-hybridized carbons (Fsp3) is 0.947. The van der Waals surface area contributed by atoms with Gasteiger partial charge in [0.1, 0.15) is 5.60 Å². The van der Waals surface area contributed by atoms with Crippen LogP contribution in [0.4, 0.5) is 4.79 Å². The number of hydrogen-bond donors (Lipinski definition) is 1. The van der Waals surface area contributed by atoms with E-state index in [4.69, 9.17) is 23.7 Å². The molecule has 0 aliphatic carbocycles. The molecule has 0 aromatic heterocycles. The SMILES string of the molecule is CC(C)(C)OC(=O)NCCOCCOCCOCCOCCCCCCI. The molecule has 0 saturated heterocycles. The second-order valence-corrected chi connectivity index (χ2v) is 8.06. The summed E-state index contributed by atoms with van der Waals surface area (Å²) in [5.41, 5.74) is -0.485. The minimum Gasteiger partial charge on any atom is -0.444 e. The molecule has 0 aromatic rings. The summed E-state index contributed by atoms with van der Waals surface area (Å²) < 4.78 is 28.1. The third-order valence-electron chi connectivity index (χ3n) is 3.20. The molecule has 0 atom stereocenters. The lowest BCUT2D eigenvalue weighted by Crippen LogP contribution is -2.34. The Morgan fingerprint density at radius 3 is 1.74 bits per heavy atom. The summed E-state index contributed by atoms with van der Waals surface area (Å²) in [6.07, 6.45) is 4.55. The van der Waals surface area contributed by atoms with Gasteiger partial charge >= 0.3 is 6.09 Å². The quantitative estimate of drug-likeness (QED) is 0.175. The van der Waals surface area contributed by atoms with Gasteiger partial charge < -0.3 is 29.0 Å². The average molecular weight is 503 g/mol. The van der Waals surface area contributed by atoms with Crippen LogP contribution in [0.1, 0.15) is 46.5 Å². The van der Waals surface area contributed by atoms with Crippen LogP contribution in [0, 0.1) is 0 Å². The molecule has 0 fully saturated rings. The van der Waals surface area contributed by atoms with Crippen LogP contribution in [0.25, 0.3) is 0 Å². The molecule has 0 rings (SSSR count). The highest BCUT2D eigenvalue weighted by Gasteiger charge is 2.15. The molecule has 8 heteroatoms. The summed E-state index contributed by atoms with van der Waals surface area (Å²) in [5, 5.41) is 2.63. The summed E-state index contributed by atoms with van der Waals surface area (Å²) in [6.45, 7) is 10.5. The van der Waals surface area contributed by atoms with E-state index in [0.29, 0.717) is 52.8 Å². The van der Waals surface area contributed by atoms with Crippen molar-refractivity contribution in [3.05, 3.63) is 0 Å². The standard InChI is InChI=1S/C19H38INO6/c1-19(2,3)27-18(22)21-9-11-24-13-15-26-17-16-25-14-12-23-10-7-5-4-6-8-20/h4-17H2,1-3H3,(H,21,22). The van der Waals surface area contributed by atoms with Gasteiger partial charge in [0, 0.05) is 13.2 Å². The number of hydrogen-bond acceptors (Lipinski definition) is 6. The third-order valence-corrected chi connectivity index (χ3v) is 3.97. The van der Waals surface area contributed by atoms with Crippen LogP contribution in [-0.2, 0) is 23.7 Å². The topological polar surface area (TPSA) is 75.3 Å². The number of alkyl halides is 1. The number of alkyl carbamates (subject to hydrolysis) is 1. The van der Waals surface area contributed by atoms with Crippen LogP contribution in [-0.4, -0.2) is 75.5 Å². The van der Waals surface area contributed by atoms with Crippen molar-refractivity contribution in [2.75, 3.05) is 63.8 Å². The molecule has 0 unspecified atom stereocenters. The Hall–Kier alpha value is -0.160. The van der Waals surface area contributed by atoms with Crippen molar-refractivity contribution in [3.8, 4) is 0 Å². The summed E-state index contributed by atoms with van der Waals surface area (Å²) in [4.78, 5) is 11.4. The van der Waals surface area contributed by atoms with Crippen molar-refractivity contribution < 1.29 is 28.5 Å². The number of carbonyl (C=O) groups excluding carboxylic acids is 1. The van der Waals surface area contributed by atoms with Crippen LogP contribution < -0.4 is 5.32 Å². The smallest absolute Gasteiger partial charge is 0.407 e. The van der Waals surface area contributed by atoms with Crippen molar-refractivity contribution in [1.82, 2.24) is 5.32 Å². The molecule has 162 valence electrons. The zero-order valence-electron chi connectivity index (χ0n) is 17.2. The molecule has 1 amide bonds. The normalized spacial score (nSPS) is 11.6. The second-order valence-electron chi connectivity index (χ2n) is 6.98. The maximum Gasteiger partial charge on any atom is 0.407 e. The minimum absolute atomic E-state index is 0.413.